The van der Waals surface area contributed by atoms with Crippen molar-refractivity contribution in [3.63, 3.8) is 0 Å². The number of hydrogen-bond acceptors (Lipinski definition) is 5. The van der Waals surface area contributed by atoms with Crippen LogP contribution in [0.5, 0.6) is 0 Å². The molecule has 2 aromatic rings. The third-order valence-electron chi connectivity index (χ3n) is 4.17. The maximum Gasteiger partial charge on any atom is 0.410 e. The molecule has 0 unspecified atom stereocenters. The first-order valence-electron chi connectivity index (χ1n) is 8.68. The van der Waals surface area contributed by atoms with Gasteiger partial charge in [-0.05, 0) is 58.2 Å². The predicted molar refractivity (Wildman–Crippen MR) is 99.9 cm³/mol. The molecule has 0 saturated carbocycles. The number of ether oxygens (including phenoxy) is 1. The molecule has 1 aliphatic rings. The average molecular weight is 359 g/mol. The monoisotopic (exact) mass is 359 g/mol. The summed E-state index contributed by atoms with van der Waals surface area (Å²) in [5.74, 6) is 0.309. The van der Waals surface area contributed by atoms with Crippen LogP contribution in [-0.2, 0) is 4.74 Å². The van der Waals surface area contributed by atoms with Crippen LogP contribution in [0.2, 0.25) is 0 Å². The van der Waals surface area contributed by atoms with Crippen LogP contribution in [0.15, 0.2) is 23.7 Å². The molecule has 25 heavy (non-hydrogen) atoms. The van der Waals surface area contributed by atoms with Crippen LogP contribution < -0.4 is 0 Å². The van der Waals surface area contributed by atoms with Crippen LogP contribution in [0.3, 0.4) is 0 Å². The van der Waals surface area contributed by atoms with Crippen molar-refractivity contribution in [3.8, 4) is 10.7 Å². The molecule has 2 aromatic heterocycles. The van der Waals surface area contributed by atoms with E-state index in [0.717, 1.165) is 35.8 Å². The van der Waals surface area contributed by atoms with Crippen LogP contribution >= 0.6 is 11.3 Å². The number of thiazole rings is 1. The van der Waals surface area contributed by atoms with Gasteiger partial charge in [0.05, 0.1) is 5.69 Å². The van der Waals surface area contributed by atoms with E-state index < -0.39 is 5.60 Å². The second kappa shape index (κ2) is 7.12. The van der Waals surface area contributed by atoms with E-state index in [0.29, 0.717) is 12.5 Å². The van der Waals surface area contributed by atoms with Crippen LogP contribution in [0.1, 0.15) is 50.8 Å². The van der Waals surface area contributed by atoms with Gasteiger partial charge in [-0.1, -0.05) is 0 Å². The topological polar surface area (TPSA) is 55.3 Å². The Morgan fingerprint density at radius 3 is 2.88 bits per heavy atom. The highest BCUT2D eigenvalue weighted by Gasteiger charge is 2.28. The fourth-order valence-corrected chi connectivity index (χ4v) is 3.79. The van der Waals surface area contributed by atoms with E-state index in [2.05, 4.69) is 16.0 Å². The highest BCUT2D eigenvalue weighted by Crippen LogP contribution is 2.30. The third kappa shape index (κ3) is 4.57. The number of amides is 1. The zero-order valence-electron chi connectivity index (χ0n) is 15.3. The predicted octanol–water partition coefficient (Wildman–Crippen LogP) is 4.63. The Balaban J connectivity index is 1.74. The quantitative estimate of drug-likeness (QED) is 0.784. The second-order valence-corrected chi connectivity index (χ2v) is 8.39. The first-order chi connectivity index (χ1) is 11.8. The Morgan fingerprint density at radius 2 is 2.20 bits per heavy atom. The summed E-state index contributed by atoms with van der Waals surface area (Å²) in [6.07, 6.45) is 3.67. The van der Waals surface area contributed by atoms with Gasteiger partial charge >= 0.3 is 6.09 Å². The lowest BCUT2D eigenvalue weighted by molar-refractivity contribution is 0.0198. The molecule has 3 rings (SSSR count). The van der Waals surface area contributed by atoms with Crippen LogP contribution in [0.25, 0.3) is 10.7 Å². The minimum absolute atomic E-state index is 0.220. The van der Waals surface area contributed by atoms with E-state index >= 15 is 0 Å². The van der Waals surface area contributed by atoms with Gasteiger partial charge in [-0.15, -0.1) is 11.3 Å². The summed E-state index contributed by atoms with van der Waals surface area (Å²) in [5, 5.41) is 2.98. The van der Waals surface area contributed by atoms with Gasteiger partial charge < -0.3 is 9.64 Å². The largest absolute Gasteiger partial charge is 0.444 e. The Hall–Kier alpha value is -1.95. The second-order valence-electron chi connectivity index (χ2n) is 7.53. The summed E-state index contributed by atoms with van der Waals surface area (Å²) >= 11 is 1.61. The Labute approximate surface area is 153 Å². The lowest BCUT2D eigenvalue weighted by Gasteiger charge is -2.34. The first kappa shape index (κ1) is 17.9. The molecule has 0 radical (unpaired) electrons. The van der Waals surface area contributed by atoms with E-state index in [-0.39, 0.29) is 6.09 Å². The van der Waals surface area contributed by atoms with Crippen LogP contribution in [-0.4, -0.2) is 39.7 Å². The van der Waals surface area contributed by atoms with Gasteiger partial charge in [0.1, 0.15) is 10.6 Å². The minimum Gasteiger partial charge on any atom is -0.444 e. The van der Waals surface area contributed by atoms with E-state index in [4.69, 9.17) is 4.74 Å². The molecule has 0 aliphatic carbocycles. The molecule has 3 heterocycles. The zero-order chi connectivity index (χ0) is 18.0. The Morgan fingerprint density at radius 1 is 1.40 bits per heavy atom. The zero-order valence-corrected chi connectivity index (χ0v) is 16.1. The molecule has 1 aliphatic heterocycles. The van der Waals surface area contributed by atoms with Crippen LogP contribution in [0, 0.1) is 6.92 Å². The molecular weight excluding hydrogens is 334 g/mol. The Bertz CT molecular complexity index is 751. The summed E-state index contributed by atoms with van der Waals surface area (Å²) in [4.78, 5) is 23.2. The third-order valence-corrected chi connectivity index (χ3v) is 5.15. The summed E-state index contributed by atoms with van der Waals surface area (Å²) in [5.41, 5.74) is 2.67. The molecular formula is C19H25N3O2S. The molecule has 6 heteroatoms. The van der Waals surface area contributed by atoms with Crippen molar-refractivity contribution in [2.45, 2.75) is 52.1 Å². The van der Waals surface area contributed by atoms with E-state index in [1.807, 2.05) is 50.2 Å². The molecule has 1 fully saturated rings. The van der Waals surface area contributed by atoms with E-state index in [9.17, 15) is 4.79 Å². The standard InChI is InChI=1S/C19H25N3O2S/c1-13-12-25-17(21-13)16-10-14(7-8-20-16)15-6-5-9-22(11-15)18(23)24-19(2,3)4/h7-8,10,12,15H,5-6,9,11H2,1-4H3/t15-/m1/s1. The first-order valence-corrected chi connectivity index (χ1v) is 9.56. The molecule has 0 spiro atoms. The molecule has 1 saturated heterocycles. The van der Waals surface area contributed by atoms with Crippen molar-refractivity contribution >= 4 is 17.4 Å². The number of likely N-dealkylation sites (tertiary alicyclic amines) is 1. The van der Waals surface area contributed by atoms with Crippen molar-refractivity contribution in [2.24, 2.45) is 0 Å². The van der Waals surface area contributed by atoms with Gasteiger partial charge in [0.2, 0.25) is 0 Å². The smallest absolute Gasteiger partial charge is 0.410 e. The lowest BCUT2D eigenvalue weighted by Crippen LogP contribution is -2.42. The van der Waals surface area contributed by atoms with Gasteiger partial charge in [0.15, 0.2) is 0 Å². The highest BCUT2D eigenvalue weighted by molar-refractivity contribution is 7.13. The fraction of sp³-hybridized carbons (Fsp3) is 0.526. The lowest BCUT2D eigenvalue weighted by atomic mass is 9.91. The molecule has 1 amide bonds. The van der Waals surface area contributed by atoms with Gasteiger partial charge in [-0.3, -0.25) is 4.98 Å². The average Bonchev–Trinajstić information content (AvgIpc) is 3.00. The number of carbonyl (C=O) groups excluding carboxylic acids is 1. The van der Waals surface area contributed by atoms with Crippen molar-refractivity contribution in [1.82, 2.24) is 14.9 Å². The summed E-state index contributed by atoms with van der Waals surface area (Å²) in [6.45, 7) is 9.14. The van der Waals surface area contributed by atoms with Gasteiger partial charge in [0.25, 0.3) is 0 Å². The molecule has 5 nitrogen and oxygen atoms in total. The number of hydrogen-bond donors (Lipinski definition) is 0. The van der Waals surface area contributed by atoms with E-state index in [1.165, 1.54) is 5.56 Å². The SMILES string of the molecule is Cc1csc(-c2cc([C@@H]3CCCN(C(=O)OC(C)(C)C)C3)ccn2)n1. The Kier molecular flexibility index (Phi) is 5.08. The van der Waals surface area contributed by atoms with Crippen molar-refractivity contribution in [2.75, 3.05) is 13.1 Å². The molecule has 0 aromatic carbocycles. The fourth-order valence-electron chi connectivity index (χ4n) is 3.03. The summed E-state index contributed by atoms with van der Waals surface area (Å²) in [6, 6.07) is 4.16. The number of pyridine rings is 1. The molecule has 1 atom stereocenters. The molecule has 0 N–H and O–H groups in total. The summed E-state index contributed by atoms with van der Waals surface area (Å²) in [7, 11) is 0. The molecule has 134 valence electrons. The number of aryl methyl sites for hydroxylation is 1. The van der Waals surface area contributed by atoms with Crippen molar-refractivity contribution in [3.05, 3.63) is 35.0 Å². The molecule has 0 bridgehead atoms. The number of carbonyl (C=O) groups is 1. The number of piperidine rings is 1. The van der Waals surface area contributed by atoms with Crippen molar-refractivity contribution in [1.29, 1.82) is 0 Å². The maximum absolute atomic E-state index is 12.4. The maximum atomic E-state index is 12.4. The van der Waals surface area contributed by atoms with E-state index in [1.54, 1.807) is 11.3 Å². The highest BCUT2D eigenvalue weighted by atomic mass is 32.1. The summed E-state index contributed by atoms with van der Waals surface area (Å²) < 4.78 is 5.52. The normalized spacial score (nSPS) is 18.2. The number of nitrogens with zero attached hydrogens (tertiary/aromatic N) is 3. The van der Waals surface area contributed by atoms with Gasteiger partial charge in [-0.25, -0.2) is 9.78 Å². The number of rotatable bonds is 2. The van der Waals surface area contributed by atoms with Crippen LogP contribution in [0.4, 0.5) is 4.79 Å². The van der Waals surface area contributed by atoms with Crippen molar-refractivity contribution < 1.29 is 9.53 Å². The number of aromatic nitrogens is 2. The van der Waals surface area contributed by atoms with Gasteiger partial charge in [0, 0.05) is 36.3 Å². The van der Waals surface area contributed by atoms with Gasteiger partial charge in [-0.2, -0.15) is 0 Å². The minimum atomic E-state index is -0.462.